The van der Waals surface area contributed by atoms with Crippen molar-refractivity contribution in [2.24, 2.45) is 0 Å². The molecule has 432 valence electrons. The minimum Gasteiger partial charge on any atom is -0.387 e. The molecule has 1 amide bonds. The normalized spacial score (nSPS) is 14.6. The van der Waals surface area contributed by atoms with Gasteiger partial charge in [-0.1, -0.05) is 258 Å². The van der Waals surface area contributed by atoms with Crippen LogP contribution in [-0.2, 0) is 18.4 Å². The largest absolute Gasteiger partial charge is 0.472 e. The number of unbranched alkanes of at least 4 members (excludes halogenated alkanes) is 26. The predicted molar refractivity (Wildman–Crippen MR) is 327 cm³/mol. The summed E-state index contributed by atoms with van der Waals surface area (Å²) >= 11 is 0. The Bertz CT molecular complexity index is 1590. The zero-order valence-electron chi connectivity index (χ0n) is 49.3. The van der Waals surface area contributed by atoms with E-state index in [4.69, 9.17) is 9.05 Å². The Morgan fingerprint density at radius 1 is 0.467 bits per heavy atom. The van der Waals surface area contributed by atoms with Gasteiger partial charge in [-0.3, -0.25) is 13.8 Å². The summed E-state index contributed by atoms with van der Waals surface area (Å²) in [5.74, 6) is -0.192. The minimum absolute atomic E-state index is 0.0504. The van der Waals surface area contributed by atoms with Crippen molar-refractivity contribution in [2.45, 2.75) is 264 Å². The summed E-state index contributed by atoms with van der Waals surface area (Å²) in [7, 11) is 1.54. The third-order valence-corrected chi connectivity index (χ3v) is 14.2. The van der Waals surface area contributed by atoms with Crippen LogP contribution < -0.4 is 5.32 Å². The van der Waals surface area contributed by atoms with E-state index in [-0.39, 0.29) is 19.1 Å². The third kappa shape index (κ3) is 58.7. The number of phosphoric acid groups is 1. The molecule has 0 aromatic rings. The maximum absolute atomic E-state index is 13.0. The lowest BCUT2D eigenvalue weighted by atomic mass is 10.0. The summed E-state index contributed by atoms with van der Waals surface area (Å²) in [4.78, 5) is 23.3. The van der Waals surface area contributed by atoms with Crippen LogP contribution >= 0.6 is 7.82 Å². The van der Waals surface area contributed by atoms with Crippen molar-refractivity contribution in [2.75, 3.05) is 40.9 Å². The van der Waals surface area contributed by atoms with Gasteiger partial charge in [-0.15, -0.1) is 0 Å². The number of aliphatic hydroxyl groups excluding tert-OH is 1. The first-order chi connectivity index (χ1) is 36.5. The molecule has 0 aromatic heterocycles. The molecule has 0 rings (SSSR count). The maximum atomic E-state index is 13.0. The van der Waals surface area contributed by atoms with Gasteiger partial charge in [-0.2, -0.15) is 0 Å². The Labute approximate surface area is 463 Å². The first kappa shape index (κ1) is 72.2. The van der Waals surface area contributed by atoms with Gasteiger partial charge in [0.2, 0.25) is 5.91 Å². The average molecular weight is 1070 g/mol. The van der Waals surface area contributed by atoms with E-state index >= 15 is 0 Å². The van der Waals surface area contributed by atoms with Gasteiger partial charge in [0.15, 0.2) is 0 Å². The van der Waals surface area contributed by atoms with E-state index in [1.807, 2.05) is 27.2 Å². The Kier molecular flexibility index (Phi) is 53.8. The molecule has 0 aromatic carbocycles. The average Bonchev–Trinajstić information content (AvgIpc) is 3.37. The number of hydrogen-bond acceptors (Lipinski definition) is 5. The highest BCUT2D eigenvalue weighted by molar-refractivity contribution is 7.47. The molecule has 0 aliphatic rings. The second-order valence-corrected chi connectivity index (χ2v) is 23.1. The number of amides is 1. The molecule has 0 aliphatic carbocycles. The van der Waals surface area contributed by atoms with E-state index in [9.17, 15) is 19.4 Å². The summed E-state index contributed by atoms with van der Waals surface area (Å²) in [5.41, 5.74) is 0. The molecule has 3 atom stereocenters. The number of carbonyl (C=O) groups excluding carboxylic acids is 1. The number of likely N-dealkylation sites (N-methyl/N-ethyl adjacent to an activating group) is 1. The molecule has 0 radical (unpaired) electrons. The fourth-order valence-electron chi connectivity index (χ4n) is 8.43. The first-order valence-electron chi connectivity index (χ1n) is 30.8. The van der Waals surface area contributed by atoms with Gasteiger partial charge in [0.05, 0.1) is 39.9 Å². The van der Waals surface area contributed by atoms with Gasteiger partial charge in [0, 0.05) is 6.42 Å². The van der Waals surface area contributed by atoms with Gasteiger partial charge in [-0.05, 0) is 96.3 Å². The van der Waals surface area contributed by atoms with E-state index in [1.54, 1.807) is 6.08 Å². The lowest BCUT2D eigenvalue weighted by Crippen LogP contribution is -2.45. The van der Waals surface area contributed by atoms with Crippen LogP contribution in [0.1, 0.15) is 251 Å². The second-order valence-electron chi connectivity index (χ2n) is 21.7. The van der Waals surface area contributed by atoms with Gasteiger partial charge in [0.25, 0.3) is 0 Å². The van der Waals surface area contributed by atoms with Crippen LogP contribution in [0.5, 0.6) is 0 Å². The number of allylic oxidation sites excluding steroid dienone is 17. The van der Waals surface area contributed by atoms with E-state index in [2.05, 4.69) is 116 Å². The van der Waals surface area contributed by atoms with Crippen molar-refractivity contribution >= 4 is 13.7 Å². The quantitative estimate of drug-likeness (QED) is 0.0243. The lowest BCUT2D eigenvalue weighted by Gasteiger charge is -2.25. The molecule has 9 heteroatoms. The fraction of sp³-hybridized carbons (Fsp3) is 0.712. The molecule has 0 saturated carbocycles. The number of hydrogen-bond donors (Lipinski definition) is 3. The van der Waals surface area contributed by atoms with Gasteiger partial charge < -0.3 is 19.8 Å². The standard InChI is InChI=1S/C66H117N2O6P/c1-6-8-10-12-14-16-18-20-22-24-25-26-27-28-29-30-31-32-33-34-35-36-37-38-39-40-41-42-43-44-46-48-50-52-54-56-58-60-66(70)67-64(63-74-75(71,72)73-62-61-68(3,4)5)65(69)59-57-55-53-51-49-47-45-23-21-19-17-15-13-11-9-7-2/h8,10,14,16,20-23,25-26,28-29,31-32,49,51,57,59,64-65,69H,6-7,9,11-13,15,17-19,24,27,30,33-48,50,52-56,58,60-63H2,1-5H3,(H-,67,70,71,72)/p+1/b10-8-,16-14-,22-20-,23-21+,26-25-,29-28-,32-31-,51-49+,59-57+. The van der Waals surface area contributed by atoms with Crippen LogP contribution in [0.3, 0.4) is 0 Å². The molecular weight excluding hydrogens is 948 g/mol. The Balaban J connectivity index is 4.06. The van der Waals surface area contributed by atoms with Crippen molar-refractivity contribution < 1.29 is 32.9 Å². The zero-order chi connectivity index (χ0) is 54.9. The first-order valence-corrected chi connectivity index (χ1v) is 32.3. The van der Waals surface area contributed by atoms with Crippen molar-refractivity contribution in [1.29, 1.82) is 0 Å². The van der Waals surface area contributed by atoms with E-state index in [0.29, 0.717) is 17.4 Å². The van der Waals surface area contributed by atoms with Crippen molar-refractivity contribution in [3.05, 3.63) is 109 Å². The Morgan fingerprint density at radius 2 is 0.813 bits per heavy atom. The smallest absolute Gasteiger partial charge is 0.387 e. The van der Waals surface area contributed by atoms with Crippen molar-refractivity contribution in [3.8, 4) is 0 Å². The summed E-state index contributed by atoms with van der Waals surface area (Å²) in [6.45, 7) is 4.66. The van der Waals surface area contributed by atoms with Crippen LogP contribution in [0, 0.1) is 0 Å². The maximum Gasteiger partial charge on any atom is 0.472 e. The van der Waals surface area contributed by atoms with E-state index in [0.717, 1.165) is 83.5 Å². The molecular formula is C66H118N2O6P+. The molecule has 3 unspecified atom stereocenters. The molecule has 0 saturated heterocycles. The van der Waals surface area contributed by atoms with Gasteiger partial charge >= 0.3 is 7.82 Å². The number of quaternary nitrogens is 1. The highest BCUT2D eigenvalue weighted by atomic mass is 31.2. The van der Waals surface area contributed by atoms with Crippen LogP contribution in [0.4, 0.5) is 0 Å². The fourth-order valence-corrected chi connectivity index (χ4v) is 9.17. The second kappa shape index (κ2) is 55.9. The zero-order valence-corrected chi connectivity index (χ0v) is 50.1. The number of phosphoric ester groups is 1. The van der Waals surface area contributed by atoms with Crippen molar-refractivity contribution in [1.82, 2.24) is 5.32 Å². The molecule has 0 aliphatic heterocycles. The number of aliphatic hydroxyl groups is 1. The summed E-state index contributed by atoms with van der Waals surface area (Å²) < 4.78 is 23.7. The number of nitrogens with one attached hydrogen (secondary N) is 1. The highest BCUT2D eigenvalue weighted by Crippen LogP contribution is 2.43. The molecule has 8 nitrogen and oxygen atoms in total. The topological polar surface area (TPSA) is 105 Å². The highest BCUT2D eigenvalue weighted by Gasteiger charge is 2.27. The van der Waals surface area contributed by atoms with E-state index < -0.39 is 20.0 Å². The van der Waals surface area contributed by atoms with Crippen LogP contribution in [0.2, 0.25) is 0 Å². The van der Waals surface area contributed by atoms with Gasteiger partial charge in [0.1, 0.15) is 13.2 Å². The number of nitrogens with zero attached hydrogens (tertiary/aromatic N) is 1. The Hall–Kier alpha value is -2.84. The summed E-state index contributed by atoms with van der Waals surface area (Å²) in [6, 6.07) is -0.874. The molecule has 0 bridgehead atoms. The van der Waals surface area contributed by atoms with Crippen molar-refractivity contribution in [3.63, 3.8) is 0 Å². The van der Waals surface area contributed by atoms with Crippen LogP contribution in [0.15, 0.2) is 109 Å². The van der Waals surface area contributed by atoms with Gasteiger partial charge in [-0.25, -0.2) is 4.57 Å². The molecule has 3 N–H and O–H groups in total. The minimum atomic E-state index is -4.36. The third-order valence-electron chi connectivity index (χ3n) is 13.2. The number of carbonyl (C=O) groups is 1. The predicted octanol–water partition coefficient (Wildman–Crippen LogP) is 19.2. The summed E-state index contributed by atoms with van der Waals surface area (Å²) in [6.07, 6.45) is 82.1. The van der Waals surface area contributed by atoms with Crippen LogP contribution in [-0.4, -0.2) is 73.4 Å². The van der Waals surface area contributed by atoms with E-state index in [1.165, 1.54) is 148 Å². The SMILES string of the molecule is CC/C=C\C/C=C\C/C=C\C/C=C\C/C=C\C/C=C\CCCCCCCCCCCCCCCCCCCCC(=O)NC(COP(=O)(O)OCC[N+](C)(C)C)C(O)/C=C/CC/C=C/CC/C=C/CCCCCCCC. The molecule has 0 spiro atoms. The number of rotatable bonds is 55. The lowest BCUT2D eigenvalue weighted by molar-refractivity contribution is -0.870. The molecule has 75 heavy (non-hydrogen) atoms. The summed E-state index contributed by atoms with van der Waals surface area (Å²) in [5, 5.41) is 13.9. The monoisotopic (exact) mass is 1070 g/mol. The van der Waals surface area contributed by atoms with Crippen LogP contribution in [0.25, 0.3) is 0 Å². The Morgan fingerprint density at radius 3 is 1.23 bits per heavy atom. The molecule has 0 heterocycles. The molecule has 0 fully saturated rings.